The standard InChI is InChI=1S/C12H15FINO/c13-11-2-1-9(14)7-10(11)12(15)8-3-5-16-6-4-8/h1-2,7-8,12H,3-6,15H2/t12-/m0/s1. The van der Waals surface area contributed by atoms with Crippen LogP contribution in [0.5, 0.6) is 0 Å². The van der Waals surface area contributed by atoms with Gasteiger partial charge in [-0.2, -0.15) is 0 Å². The lowest BCUT2D eigenvalue weighted by molar-refractivity contribution is 0.0580. The molecule has 1 aliphatic heterocycles. The van der Waals surface area contributed by atoms with Gasteiger partial charge in [0.15, 0.2) is 0 Å². The van der Waals surface area contributed by atoms with Gasteiger partial charge in [-0.25, -0.2) is 4.39 Å². The summed E-state index contributed by atoms with van der Waals surface area (Å²) in [7, 11) is 0. The quantitative estimate of drug-likeness (QED) is 0.844. The second-order valence-corrected chi connectivity index (χ2v) is 5.39. The minimum Gasteiger partial charge on any atom is -0.381 e. The molecule has 1 heterocycles. The number of hydrogen-bond donors (Lipinski definition) is 1. The molecule has 1 aromatic rings. The molecule has 0 saturated carbocycles. The van der Waals surface area contributed by atoms with Gasteiger partial charge in [-0.15, -0.1) is 0 Å². The molecular formula is C12H15FINO. The van der Waals surface area contributed by atoms with E-state index in [1.54, 1.807) is 6.07 Å². The summed E-state index contributed by atoms with van der Waals surface area (Å²) >= 11 is 2.18. The van der Waals surface area contributed by atoms with Gasteiger partial charge in [-0.1, -0.05) is 0 Å². The van der Waals surface area contributed by atoms with Crippen molar-refractivity contribution >= 4 is 22.6 Å². The van der Waals surface area contributed by atoms with Crippen LogP contribution in [0.3, 0.4) is 0 Å². The van der Waals surface area contributed by atoms with Crippen molar-refractivity contribution in [3.63, 3.8) is 0 Å². The van der Waals surface area contributed by atoms with E-state index in [2.05, 4.69) is 22.6 Å². The van der Waals surface area contributed by atoms with Gasteiger partial charge < -0.3 is 10.5 Å². The minimum atomic E-state index is -0.210. The zero-order valence-electron chi connectivity index (χ0n) is 8.96. The normalized spacial score (nSPS) is 19.7. The molecule has 0 aliphatic carbocycles. The van der Waals surface area contributed by atoms with E-state index >= 15 is 0 Å². The van der Waals surface area contributed by atoms with Crippen LogP contribution in [0.15, 0.2) is 18.2 Å². The van der Waals surface area contributed by atoms with Crippen LogP contribution in [0.2, 0.25) is 0 Å². The van der Waals surface area contributed by atoms with Gasteiger partial charge in [0.2, 0.25) is 0 Å². The van der Waals surface area contributed by atoms with Crippen LogP contribution in [-0.2, 0) is 4.74 Å². The summed E-state index contributed by atoms with van der Waals surface area (Å²) in [5, 5.41) is 0. The van der Waals surface area contributed by atoms with Gasteiger partial charge in [-0.3, -0.25) is 0 Å². The third-order valence-corrected chi connectivity index (χ3v) is 3.76. The van der Waals surface area contributed by atoms with E-state index < -0.39 is 0 Å². The third kappa shape index (κ3) is 2.73. The molecule has 16 heavy (non-hydrogen) atoms. The predicted octanol–water partition coefficient (Wildman–Crippen LogP) is 2.86. The van der Waals surface area contributed by atoms with Crippen molar-refractivity contribution in [2.75, 3.05) is 13.2 Å². The maximum Gasteiger partial charge on any atom is 0.128 e. The Morgan fingerprint density at radius 1 is 1.38 bits per heavy atom. The van der Waals surface area contributed by atoms with E-state index in [1.807, 2.05) is 6.07 Å². The third-order valence-electron chi connectivity index (χ3n) is 3.09. The Bertz CT molecular complexity index is 366. The van der Waals surface area contributed by atoms with E-state index in [-0.39, 0.29) is 11.9 Å². The highest BCUT2D eigenvalue weighted by atomic mass is 127. The Morgan fingerprint density at radius 2 is 2.06 bits per heavy atom. The summed E-state index contributed by atoms with van der Waals surface area (Å²) in [6, 6.07) is 4.89. The molecule has 0 bridgehead atoms. The summed E-state index contributed by atoms with van der Waals surface area (Å²) in [5.41, 5.74) is 6.78. The number of ether oxygens (including phenoxy) is 1. The first kappa shape index (κ1) is 12.3. The van der Waals surface area contributed by atoms with E-state index in [9.17, 15) is 4.39 Å². The topological polar surface area (TPSA) is 35.2 Å². The van der Waals surface area contributed by atoms with Crippen molar-refractivity contribution in [1.82, 2.24) is 0 Å². The largest absolute Gasteiger partial charge is 0.381 e. The van der Waals surface area contributed by atoms with Crippen LogP contribution < -0.4 is 5.73 Å². The van der Waals surface area contributed by atoms with Gasteiger partial charge in [0.05, 0.1) is 0 Å². The number of nitrogens with two attached hydrogens (primary N) is 1. The second kappa shape index (κ2) is 5.42. The molecule has 0 aromatic heterocycles. The van der Waals surface area contributed by atoms with Gasteiger partial charge >= 0.3 is 0 Å². The Balaban J connectivity index is 2.18. The monoisotopic (exact) mass is 335 g/mol. The molecule has 1 saturated heterocycles. The van der Waals surface area contributed by atoms with Crippen LogP contribution in [0.1, 0.15) is 24.4 Å². The van der Waals surface area contributed by atoms with E-state index in [1.165, 1.54) is 6.07 Å². The summed E-state index contributed by atoms with van der Waals surface area (Å²) in [4.78, 5) is 0. The number of benzene rings is 1. The molecule has 1 fully saturated rings. The Hall–Kier alpha value is -0.200. The molecule has 2 nitrogen and oxygen atoms in total. The SMILES string of the molecule is N[C@H](c1cc(I)ccc1F)C1CCOCC1. The minimum absolute atomic E-state index is 0.195. The van der Waals surface area contributed by atoms with Crippen LogP contribution in [0.4, 0.5) is 4.39 Å². The maximum absolute atomic E-state index is 13.7. The highest BCUT2D eigenvalue weighted by Gasteiger charge is 2.24. The fraction of sp³-hybridized carbons (Fsp3) is 0.500. The lowest BCUT2D eigenvalue weighted by atomic mass is 9.87. The first-order chi connectivity index (χ1) is 7.68. The van der Waals surface area contributed by atoms with Crippen molar-refractivity contribution in [2.24, 2.45) is 11.7 Å². The van der Waals surface area contributed by atoms with Crippen LogP contribution in [0.25, 0.3) is 0 Å². The maximum atomic E-state index is 13.7. The first-order valence-corrected chi connectivity index (χ1v) is 6.54. The molecule has 2 rings (SSSR count). The average molecular weight is 335 g/mol. The molecule has 1 atom stereocenters. The van der Waals surface area contributed by atoms with E-state index in [0.29, 0.717) is 11.5 Å². The zero-order chi connectivity index (χ0) is 11.5. The fourth-order valence-corrected chi connectivity index (χ4v) is 2.61. The summed E-state index contributed by atoms with van der Waals surface area (Å²) in [5.74, 6) is 0.140. The molecule has 1 aromatic carbocycles. The van der Waals surface area contributed by atoms with Crippen molar-refractivity contribution in [3.8, 4) is 0 Å². The molecule has 0 unspecified atom stereocenters. The summed E-state index contributed by atoms with van der Waals surface area (Å²) in [6.07, 6.45) is 1.85. The lowest BCUT2D eigenvalue weighted by Gasteiger charge is -2.28. The molecule has 0 radical (unpaired) electrons. The summed E-state index contributed by atoms with van der Waals surface area (Å²) in [6.45, 7) is 1.48. The van der Waals surface area contributed by atoms with Gasteiger partial charge in [0.25, 0.3) is 0 Å². The van der Waals surface area contributed by atoms with Crippen LogP contribution >= 0.6 is 22.6 Å². The number of halogens is 2. The molecule has 4 heteroatoms. The van der Waals surface area contributed by atoms with Crippen molar-refractivity contribution in [3.05, 3.63) is 33.1 Å². The van der Waals surface area contributed by atoms with Crippen molar-refractivity contribution in [2.45, 2.75) is 18.9 Å². The van der Waals surface area contributed by atoms with Gasteiger partial charge in [0, 0.05) is 28.4 Å². The van der Waals surface area contributed by atoms with Crippen molar-refractivity contribution < 1.29 is 9.13 Å². The lowest BCUT2D eigenvalue weighted by Crippen LogP contribution is -2.28. The van der Waals surface area contributed by atoms with Gasteiger partial charge in [0.1, 0.15) is 5.82 Å². The smallest absolute Gasteiger partial charge is 0.128 e. The first-order valence-electron chi connectivity index (χ1n) is 5.47. The molecule has 2 N–H and O–H groups in total. The highest BCUT2D eigenvalue weighted by Crippen LogP contribution is 2.30. The van der Waals surface area contributed by atoms with E-state index in [0.717, 1.165) is 29.6 Å². The number of hydrogen-bond acceptors (Lipinski definition) is 2. The predicted molar refractivity (Wildman–Crippen MR) is 69.6 cm³/mol. The highest BCUT2D eigenvalue weighted by molar-refractivity contribution is 14.1. The molecule has 0 amide bonds. The fourth-order valence-electron chi connectivity index (χ4n) is 2.10. The summed E-state index contributed by atoms with van der Waals surface area (Å²) < 4.78 is 20.0. The van der Waals surface area contributed by atoms with Crippen molar-refractivity contribution in [1.29, 1.82) is 0 Å². The molecule has 1 aliphatic rings. The van der Waals surface area contributed by atoms with Crippen LogP contribution in [-0.4, -0.2) is 13.2 Å². The molecule has 88 valence electrons. The Kier molecular flexibility index (Phi) is 4.16. The Labute approximate surface area is 108 Å². The van der Waals surface area contributed by atoms with Gasteiger partial charge in [-0.05, 0) is 59.5 Å². The number of rotatable bonds is 2. The van der Waals surface area contributed by atoms with E-state index in [4.69, 9.17) is 10.5 Å². The second-order valence-electron chi connectivity index (χ2n) is 4.14. The Morgan fingerprint density at radius 3 is 2.75 bits per heavy atom. The van der Waals surface area contributed by atoms with Crippen LogP contribution in [0, 0.1) is 15.3 Å². The molecular weight excluding hydrogens is 320 g/mol. The average Bonchev–Trinajstić information content (AvgIpc) is 2.32. The zero-order valence-corrected chi connectivity index (χ0v) is 11.1. The molecule has 0 spiro atoms.